The van der Waals surface area contributed by atoms with Gasteiger partial charge in [0.2, 0.25) is 21.8 Å². The second-order valence-electron chi connectivity index (χ2n) is 7.60. The van der Waals surface area contributed by atoms with E-state index in [2.05, 4.69) is 5.32 Å². The predicted molar refractivity (Wildman–Crippen MR) is 130 cm³/mol. The van der Waals surface area contributed by atoms with E-state index in [0.29, 0.717) is 28.6 Å². The lowest BCUT2D eigenvalue weighted by Crippen LogP contribution is -2.51. The number of rotatable bonds is 10. The van der Waals surface area contributed by atoms with Crippen molar-refractivity contribution < 1.29 is 22.7 Å². The van der Waals surface area contributed by atoms with Crippen LogP contribution < -0.4 is 14.4 Å². The van der Waals surface area contributed by atoms with Crippen molar-refractivity contribution in [1.82, 2.24) is 10.2 Å². The van der Waals surface area contributed by atoms with Gasteiger partial charge in [-0.25, -0.2) is 8.42 Å². The summed E-state index contributed by atoms with van der Waals surface area (Å²) in [7, 11) is -2.28. The van der Waals surface area contributed by atoms with Crippen LogP contribution in [0.5, 0.6) is 5.75 Å². The zero-order valence-corrected chi connectivity index (χ0v) is 21.0. The molecule has 2 aromatic carbocycles. The van der Waals surface area contributed by atoms with Crippen LogP contribution in [0, 0.1) is 6.92 Å². The van der Waals surface area contributed by atoms with Gasteiger partial charge in [-0.2, -0.15) is 0 Å². The first-order valence-corrected chi connectivity index (χ1v) is 12.6. The minimum absolute atomic E-state index is 0.0977. The molecule has 8 nitrogen and oxygen atoms in total. The van der Waals surface area contributed by atoms with Gasteiger partial charge in [0, 0.05) is 18.1 Å². The zero-order valence-electron chi connectivity index (χ0n) is 19.5. The van der Waals surface area contributed by atoms with Crippen molar-refractivity contribution in [3.8, 4) is 5.75 Å². The monoisotopic (exact) mass is 495 g/mol. The van der Waals surface area contributed by atoms with Crippen LogP contribution in [-0.2, 0) is 26.2 Å². The summed E-state index contributed by atoms with van der Waals surface area (Å²) in [5, 5.41) is 3.10. The van der Waals surface area contributed by atoms with E-state index in [4.69, 9.17) is 16.3 Å². The molecule has 2 rings (SSSR count). The van der Waals surface area contributed by atoms with Crippen LogP contribution in [-0.4, -0.2) is 57.6 Å². The summed E-state index contributed by atoms with van der Waals surface area (Å²) in [5.74, 6) is -0.252. The number of hydrogen-bond acceptors (Lipinski definition) is 5. The van der Waals surface area contributed by atoms with Crippen molar-refractivity contribution in [1.29, 1.82) is 0 Å². The molecule has 0 fully saturated rings. The van der Waals surface area contributed by atoms with Gasteiger partial charge < -0.3 is 15.0 Å². The van der Waals surface area contributed by atoms with Gasteiger partial charge in [0.1, 0.15) is 18.3 Å². The van der Waals surface area contributed by atoms with Crippen LogP contribution in [0.25, 0.3) is 0 Å². The number of carbonyl (C=O) groups excluding carboxylic acids is 2. The van der Waals surface area contributed by atoms with Gasteiger partial charge >= 0.3 is 0 Å². The Morgan fingerprint density at radius 1 is 1.18 bits per heavy atom. The molecule has 2 aromatic rings. The number of benzene rings is 2. The second kappa shape index (κ2) is 11.4. The number of nitrogens with zero attached hydrogens (tertiary/aromatic N) is 2. The highest BCUT2D eigenvalue weighted by molar-refractivity contribution is 7.92. The molecule has 180 valence electrons. The Morgan fingerprint density at radius 3 is 2.45 bits per heavy atom. The number of sulfonamides is 1. The summed E-state index contributed by atoms with van der Waals surface area (Å²) in [5.41, 5.74) is 1.59. The maximum absolute atomic E-state index is 13.5. The van der Waals surface area contributed by atoms with Crippen LogP contribution in [0.15, 0.2) is 42.5 Å². The Kier molecular flexibility index (Phi) is 9.13. The molecule has 0 heterocycles. The second-order valence-corrected chi connectivity index (χ2v) is 9.91. The molecule has 33 heavy (non-hydrogen) atoms. The van der Waals surface area contributed by atoms with Gasteiger partial charge in [-0.3, -0.25) is 13.9 Å². The Morgan fingerprint density at radius 2 is 1.85 bits per heavy atom. The molecule has 0 aliphatic rings. The van der Waals surface area contributed by atoms with Gasteiger partial charge in [0.05, 0.1) is 19.1 Å². The number of likely N-dealkylation sites (N-methyl/N-ethyl adjacent to an activating group) is 1. The minimum Gasteiger partial charge on any atom is -0.497 e. The summed E-state index contributed by atoms with van der Waals surface area (Å²) >= 11 is 6.19. The summed E-state index contributed by atoms with van der Waals surface area (Å²) in [6.45, 7) is 5.10. The highest BCUT2D eigenvalue weighted by atomic mass is 35.5. The number of hydrogen-bond donors (Lipinski definition) is 1. The lowest BCUT2D eigenvalue weighted by molar-refractivity contribution is -0.139. The van der Waals surface area contributed by atoms with Gasteiger partial charge in [0.25, 0.3) is 0 Å². The third-order valence-corrected chi connectivity index (χ3v) is 6.73. The van der Waals surface area contributed by atoms with E-state index >= 15 is 0 Å². The maximum atomic E-state index is 13.5. The Hall–Kier alpha value is -2.78. The minimum atomic E-state index is -3.82. The molecule has 0 aromatic heterocycles. The first-order valence-electron chi connectivity index (χ1n) is 10.4. The van der Waals surface area contributed by atoms with Crippen molar-refractivity contribution in [2.24, 2.45) is 0 Å². The fourth-order valence-electron chi connectivity index (χ4n) is 3.33. The molecule has 0 radical (unpaired) electrons. The highest BCUT2D eigenvalue weighted by Crippen LogP contribution is 2.28. The molecule has 0 saturated heterocycles. The molecule has 0 unspecified atom stereocenters. The van der Waals surface area contributed by atoms with Crippen LogP contribution in [0.2, 0.25) is 5.02 Å². The molecule has 0 saturated carbocycles. The molecule has 0 bridgehead atoms. The highest BCUT2D eigenvalue weighted by Gasteiger charge is 2.30. The summed E-state index contributed by atoms with van der Waals surface area (Å²) in [6.07, 6.45) is 1.03. The maximum Gasteiger partial charge on any atom is 0.244 e. The molecule has 0 spiro atoms. The van der Waals surface area contributed by atoms with E-state index in [9.17, 15) is 18.0 Å². The van der Waals surface area contributed by atoms with E-state index in [1.165, 1.54) is 12.0 Å². The van der Waals surface area contributed by atoms with Gasteiger partial charge in [-0.15, -0.1) is 0 Å². The van der Waals surface area contributed by atoms with E-state index in [-0.39, 0.29) is 12.5 Å². The van der Waals surface area contributed by atoms with Crippen molar-refractivity contribution >= 4 is 39.1 Å². The molecule has 1 atom stereocenters. The standard InChI is InChI=1S/C23H30ClN3O5S/c1-6-25-23(29)17(3)26(14-18-9-7-10-19(13-18)32-4)22(28)15-27(33(5,30)31)21-12-8-11-20(24)16(21)2/h7-13,17H,6,14-15H2,1-5H3,(H,25,29)/t17-/m0/s1. The van der Waals surface area contributed by atoms with Crippen LogP contribution in [0.3, 0.4) is 0 Å². The first kappa shape index (κ1) is 26.5. The van der Waals surface area contributed by atoms with Crippen molar-refractivity contribution in [3.63, 3.8) is 0 Å². The molecule has 1 N–H and O–H groups in total. The first-order chi connectivity index (χ1) is 15.5. The van der Waals surface area contributed by atoms with Crippen molar-refractivity contribution in [2.75, 3.05) is 30.8 Å². The number of amides is 2. The number of nitrogens with one attached hydrogen (secondary N) is 1. The topological polar surface area (TPSA) is 96.0 Å². The summed E-state index contributed by atoms with van der Waals surface area (Å²) in [4.78, 5) is 27.4. The Balaban J connectivity index is 2.44. The van der Waals surface area contributed by atoms with E-state index in [1.54, 1.807) is 57.2 Å². The average Bonchev–Trinajstić information content (AvgIpc) is 2.77. The van der Waals surface area contributed by atoms with Crippen molar-refractivity contribution in [3.05, 3.63) is 58.6 Å². The molecule has 0 aliphatic carbocycles. The fraction of sp³-hybridized carbons (Fsp3) is 0.391. The quantitative estimate of drug-likeness (QED) is 0.546. The fourth-order valence-corrected chi connectivity index (χ4v) is 4.40. The van der Waals surface area contributed by atoms with E-state index < -0.39 is 28.5 Å². The number of ether oxygens (including phenoxy) is 1. The molecular weight excluding hydrogens is 466 g/mol. The SMILES string of the molecule is CCNC(=O)[C@H](C)N(Cc1cccc(OC)c1)C(=O)CN(c1cccc(Cl)c1C)S(C)(=O)=O. The number of methoxy groups -OCH3 is 1. The summed E-state index contributed by atoms with van der Waals surface area (Å²) in [6, 6.07) is 11.2. The third kappa shape index (κ3) is 6.85. The summed E-state index contributed by atoms with van der Waals surface area (Å²) < 4.78 is 31.5. The Labute approximate surface area is 200 Å². The van der Waals surface area contributed by atoms with Crippen LogP contribution >= 0.6 is 11.6 Å². The predicted octanol–water partition coefficient (Wildman–Crippen LogP) is 2.98. The van der Waals surface area contributed by atoms with E-state index in [0.717, 1.165) is 16.1 Å². The van der Waals surface area contributed by atoms with Crippen LogP contribution in [0.4, 0.5) is 5.69 Å². The molecule has 2 amide bonds. The molecule has 10 heteroatoms. The van der Waals surface area contributed by atoms with Crippen molar-refractivity contribution in [2.45, 2.75) is 33.4 Å². The average molecular weight is 496 g/mol. The van der Waals surface area contributed by atoms with Gasteiger partial charge in [-0.05, 0) is 56.2 Å². The number of halogens is 1. The Bertz CT molecular complexity index is 1110. The third-order valence-electron chi connectivity index (χ3n) is 5.19. The number of anilines is 1. The van der Waals surface area contributed by atoms with Gasteiger partial charge in [0.15, 0.2) is 0 Å². The van der Waals surface area contributed by atoms with E-state index in [1.807, 2.05) is 6.07 Å². The number of carbonyl (C=O) groups is 2. The van der Waals surface area contributed by atoms with Crippen LogP contribution in [0.1, 0.15) is 25.0 Å². The molecule has 0 aliphatic heterocycles. The zero-order chi connectivity index (χ0) is 24.8. The lowest BCUT2D eigenvalue weighted by atomic mass is 10.1. The van der Waals surface area contributed by atoms with Gasteiger partial charge in [-0.1, -0.05) is 29.8 Å². The molecular formula is C23H30ClN3O5S. The normalized spacial score (nSPS) is 12.1. The smallest absolute Gasteiger partial charge is 0.244 e. The lowest BCUT2D eigenvalue weighted by Gasteiger charge is -2.32. The largest absolute Gasteiger partial charge is 0.497 e.